The number of aromatic nitrogens is 2. The van der Waals surface area contributed by atoms with Crippen LogP contribution in [0.5, 0.6) is 0 Å². The van der Waals surface area contributed by atoms with Crippen molar-refractivity contribution in [1.82, 2.24) is 9.55 Å². The molecule has 2 aromatic carbocycles. The molecule has 0 saturated heterocycles. The maximum atomic E-state index is 13.4. The standard InChI is InChI=1S/C24H20FN3O2S2/c1-3-12-28-23(30)21-19(16-6-4-15(2)5-7-16)13-31-22(21)27-24(28)32-14-20(29)26-18-10-8-17(25)9-11-18/h3-11,13H,1,12,14H2,2H3,(H,26,29). The van der Waals surface area contributed by atoms with Crippen molar-refractivity contribution in [3.63, 3.8) is 0 Å². The molecule has 4 aromatic rings. The highest BCUT2D eigenvalue weighted by atomic mass is 32.2. The van der Waals surface area contributed by atoms with Crippen LogP contribution in [0.1, 0.15) is 5.56 Å². The van der Waals surface area contributed by atoms with Crippen LogP contribution >= 0.6 is 23.1 Å². The van der Waals surface area contributed by atoms with Gasteiger partial charge >= 0.3 is 0 Å². The number of rotatable bonds is 7. The van der Waals surface area contributed by atoms with Crippen LogP contribution in [0.4, 0.5) is 10.1 Å². The Morgan fingerprint density at radius 1 is 1.22 bits per heavy atom. The normalized spacial score (nSPS) is 10.9. The number of fused-ring (bicyclic) bond motifs is 1. The lowest BCUT2D eigenvalue weighted by Gasteiger charge is -2.11. The Balaban J connectivity index is 1.63. The maximum Gasteiger partial charge on any atom is 0.263 e. The molecule has 0 spiro atoms. The van der Waals surface area contributed by atoms with Crippen LogP contribution in [0, 0.1) is 12.7 Å². The summed E-state index contributed by atoms with van der Waals surface area (Å²) in [6.07, 6.45) is 1.63. The molecule has 2 aromatic heterocycles. The molecule has 0 radical (unpaired) electrons. The zero-order valence-corrected chi connectivity index (χ0v) is 18.9. The maximum absolute atomic E-state index is 13.4. The minimum absolute atomic E-state index is 0.0582. The summed E-state index contributed by atoms with van der Waals surface area (Å²) in [7, 11) is 0. The van der Waals surface area contributed by atoms with E-state index >= 15 is 0 Å². The number of halogens is 1. The Morgan fingerprint density at radius 3 is 2.62 bits per heavy atom. The highest BCUT2D eigenvalue weighted by Crippen LogP contribution is 2.32. The second-order valence-electron chi connectivity index (χ2n) is 7.14. The first-order valence-electron chi connectivity index (χ1n) is 9.84. The third kappa shape index (κ3) is 4.66. The monoisotopic (exact) mass is 465 g/mol. The van der Waals surface area contributed by atoms with Crippen molar-refractivity contribution < 1.29 is 9.18 Å². The van der Waals surface area contributed by atoms with Gasteiger partial charge in [-0.2, -0.15) is 0 Å². The molecule has 32 heavy (non-hydrogen) atoms. The number of amides is 1. The minimum atomic E-state index is -0.371. The molecule has 162 valence electrons. The van der Waals surface area contributed by atoms with Crippen LogP contribution in [-0.2, 0) is 11.3 Å². The molecule has 4 rings (SSSR count). The summed E-state index contributed by atoms with van der Waals surface area (Å²) in [5, 5.41) is 5.68. The van der Waals surface area contributed by atoms with E-state index in [9.17, 15) is 14.0 Å². The van der Waals surface area contributed by atoms with E-state index in [-0.39, 0.29) is 29.6 Å². The lowest BCUT2D eigenvalue weighted by Crippen LogP contribution is -2.23. The number of nitrogens with one attached hydrogen (secondary N) is 1. The quantitative estimate of drug-likeness (QED) is 0.223. The van der Waals surface area contributed by atoms with Crippen LogP contribution in [-0.4, -0.2) is 21.2 Å². The van der Waals surface area contributed by atoms with Gasteiger partial charge in [-0.3, -0.25) is 14.2 Å². The van der Waals surface area contributed by atoms with Crippen molar-refractivity contribution >= 4 is 44.9 Å². The molecule has 2 heterocycles. The Kier molecular flexibility index (Phi) is 6.53. The van der Waals surface area contributed by atoms with Gasteiger partial charge in [0.05, 0.1) is 11.1 Å². The van der Waals surface area contributed by atoms with Gasteiger partial charge in [-0.15, -0.1) is 17.9 Å². The topological polar surface area (TPSA) is 64.0 Å². The van der Waals surface area contributed by atoms with E-state index in [0.717, 1.165) is 16.7 Å². The van der Waals surface area contributed by atoms with E-state index in [1.807, 2.05) is 36.6 Å². The summed E-state index contributed by atoms with van der Waals surface area (Å²) in [4.78, 5) is 31.0. The van der Waals surface area contributed by atoms with Crippen molar-refractivity contribution in [2.75, 3.05) is 11.1 Å². The van der Waals surface area contributed by atoms with E-state index in [1.54, 1.807) is 6.08 Å². The Hall–Kier alpha value is -3.23. The second-order valence-corrected chi connectivity index (χ2v) is 8.94. The minimum Gasteiger partial charge on any atom is -0.325 e. The number of hydrogen-bond donors (Lipinski definition) is 1. The smallest absolute Gasteiger partial charge is 0.263 e. The molecule has 1 amide bonds. The van der Waals surface area contributed by atoms with E-state index in [2.05, 4.69) is 16.9 Å². The zero-order valence-electron chi connectivity index (χ0n) is 17.3. The molecule has 0 unspecified atom stereocenters. The number of carbonyl (C=O) groups excluding carboxylic acids is 1. The average Bonchev–Trinajstić information content (AvgIpc) is 3.21. The molecule has 0 aliphatic heterocycles. The summed E-state index contributed by atoms with van der Waals surface area (Å²) >= 11 is 2.58. The summed E-state index contributed by atoms with van der Waals surface area (Å²) in [5.74, 6) is -0.584. The zero-order chi connectivity index (χ0) is 22.7. The Bertz CT molecular complexity index is 1340. The van der Waals surface area contributed by atoms with Crippen molar-refractivity contribution in [3.8, 4) is 11.1 Å². The Labute approximate surface area is 192 Å². The van der Waals surface area contributed by atoms with E-state index in [1.165, 1.54) is 51.9 Å². The molecule has 0 aliphatic carbocycles. The van der Waals surface area contributed by atoms with Crippen LogP contribution in [0.2, 0.25) is 0 Å². The molecule has 5 nitrogen and oxygen atoms in total. The second kappa shape index (κ2) is 9.50. The number of benzene rings is 2. The average molecular weight is 466 g/mol. The molecule has 0 saturated carbocycles. The molecule has 0 fully saturated rings. The van der Waals surface area contributed by atoms with Gasteiger partial charge in [-0.1, -0.05) is 47.7 Å². The van der Waals surface area contributed by atoms with Gasteiger partial charge in [0.25, 0.3) is 5.56 Å². The molecule has 0 aliphatic rings. The van der Waals surface area contributed by atoms with Gasteiger partial charge in [0.1, 0.15) is 10.6 Å². The Morgan fingerprint density at radius 2 is 1.94 bits per heavy atom. The first-order chi connectivity index (χ1) is 15.5. The van der Waals surface area contributed by atoms with Gasteiger partial charge in [0, 0.05) is 23.2 Å². The summed E-state index contributed by atoms with van der Waals surface area (Å²) in [5.41, 5.74) is 3.31. The van der Waals surface area contributed by atoms with Crippen molar-refractivity contribution in [1.29, 1.82) is 0 Å². The first kappa shape index (κ1) is 22.0. The van der Waals surface area contributed by atoms with E-state index in [0.29, 0.717) is 21.1 Å². The SMILES string of the molecule is C=CCn1c(SCC(=O)Nc2ccc(F)cc2)nc2scc(-c3ccc(C)cc3)c2c1=O. The fraction of sp³-hybridized carbons (Fsp3) is 0.125. The number of thioether (sulfide) groups is 1. The molecular formula is C24H20FN3O2S2. The van der Waals surface area contributed by atoms with Crippen molar-refractivity contribution in [2.24, 2.45) is 0 Å². The fourth-order valence-corrected chi connectivity index (χ4v) is 5.01. The predicted molar refractivity (Wildman–Crippen MR) is 130 cm³/mol. The largest absolute Gasteiger partial charge is 0.325 e. The highest BCUT2D eigenvalue weighted by molar-refractivity contribution is 7.99. The molecule has 8 heteroatoms. The van der Waals surface area contributed by atoms with Crippen LogP contribution in [0.25, 0.3) is 21.3 Å². The fourth-order valence-electron chi connectivity index (χ4n) is 3.21. The van der Waals surface area contributed by atoms with Gasteiger partial charge in [-0.25, -0.2) is 9.37 Å². The predicted octanol–water partition coefficient (Wildman–Crippen LogP) is 5.49. The van der Waals surface area contributed by atoms with Gasteiger partial charge in [0.2, 0.25) is 5.91 Å². The summed E-state index contributed by atoms with van der Waals surface area (Å²) in [6.45, 7) is 6.05. The number of allylic oxidation sites excluding steroid dienone is 1. The third-order valence-electron chi connectivity index (χ3n) is 4.79. The number of aryl methyl sites for hydroxylation is 1. The summed E-state index contributed by atoms with van der Waals surface area (Å²) in [6, 6.07) is 13.6. The van der Waals surface area contributed by atoms with E-state index in [4.69, 9.17) is 0 Å². The molecular weight excluding hydrogens is 445 g/mol. The van der Waals surface area contributed by atoms with Crippen LogP contribution in [0.15, 0.2) is 76.5 Å². The molecule has 0 bridgehead atoms. The lowest BCUT2D eigenvalue weighted by molar-refractivity contribution is -0.113. The van der Waals surface area contributed by atoms with Gasteiger partial charge < -0.3 is 5.32 Å². The third-order valence-corrected chi connectivity index (χ3v) is 6.64. The number of nitrogens with zero attached hydrogens (tertiary/aromatic N) is 2. The number of anilines is 1. The first-order valence-corrected chi connectivity index (χ1v) is 11.7. The van der Waals surface area contributed by atoms with Crippen molar-refractivity contribution in [2.45, 2.75) is 18.6 Å². The highest BCUT2D eigenvalue weighted by Gasteiger charge is 2.18. The molecule has 0 atom stereocenters. The van der Waals surface area contributed by atoms with Gasteiger partial charge in [-0.05, 0) is 36.8 Å². The van der Waals surface area contributed by atoms with Crippen molar-refractivity contribution in [3.05, 3.63) is 88.3 Å². The number of hydrogen-bond acceptors (Lipinski definition) is 5. The van der Waals surface area contributed by atoms with Crippen LogP contribution < -0.4 is 10.9 Å². The lowest BCUT2D eigenvalue weighted by atomic mass is 10.1. The number of thiophene rings is 1. The van der Waals surface area contributed by atoms with Crippen LogP contribution in [0.3, 0.4) is 0 Å². The van der Waals surface area contributed by atoms with Gasteiger partial charge in [0.15, 0.2) is 5.16 Å². The molecule has 1 N–H and O–H groups in total. The van der Waals surface area contributed by atoms with E-state index < -0.39 is 0 Å². The summed E-state index contributed by atoms with van der Waals surface area (Å²) < 4.78 is 14.6. The number of carbonyl (C=O) groups is 1.